The summed E-state index contributed by atoms with van der Waals surface area (Å²) in [5, 5.41) is 9.87. The first-order chi connectivity index (χ1) is 11.1. The summed E-state index contributed by atoms with van der Waals surface area (Å²) in [4.78, 5) is 19.3. The van der Waals surface area contributed by atoms with Crippen molar-refractivity contribution in [3.8, 4) is 11.3 Å². The largest absolute Gasteiger partial charge is 0.345 e. The number of aromatic amines is 2. The van der Waals surface area contributed by atoms with E-state index >= 15 is 0 Å². The molecule has 0 fully saturated rings. The Hall–Kier alpha value is -2.89. The number of imidazole rings is 1. The van der Waals surface area contributed by atoms with E-state index in [9.17, 15) is 4.79 Å². The van der Waals surface area contributed by atoms with Crippen LogP contribution in [0.25, 0.3) is 11.3 Å². The topological polar surface area (TPSA) is 86.5 Å². The molecule has 1 amide bonds. The molecule has 0 bridgehead atoms. The number of aromatic nitrogens is 4. The van der Waals surface area contributed by atoms with E-state index < -0.39 is 0 Å². The van der Waals surface area contributed by atoms with Crippen LogP contribution in [0.1, 0.15) is 30.0 Å². The van der Waals surface area contributed by atoms with Gasteiger partial charge >= 0.3 is 0 Å². The standard InChI is InChI=1S/C17H19N5O/c1-11(2)6-14-8-15(22-21-14)17(23)20-13-5-3-4-12(7-13)16-9-18-10-19-16/h3-5,7-11H,6H2,1-2H3,(H,18,19)(H,20,23)(H,21,22). The summed E-state index contributed by atoms with van der Waals surface area (Å²) >= 11 is 0. The van der Waals surface area contributed by atoms with Crippen LogP contribution in [0.15, 0.2) is 42.9 Å². The predicted octanol–water partition coefficient (Wildman–Crippen LogP) is 3.25. The van der Waals surface area contributed by atoms with Crippen molar-refractivity contribution in [2.45, 2.75) is 20.3 Å². The second kappa shape index (κ2) is 6.48. The molecule has 118 valence electrons. The number of H-pyrrole nitrogens is 2. The van der Waals surface area contributed by atoms with E-state index in [-0.39, 0.29) is 5.91 Å². The third-order valence-electron chi connectivity index (χ3n) is 3.42. The van der Waals surface area contributed by atoms with Crippen LogP contribution in [0.3, 0.4) is 0 Å². The number of anilines is 1. The molecule has 3 aromatic rings. The van der Waals surface area contributed by atoms with Crippen molar-refractivity contribution in [2.75, 3.05) is 5.32 Å². The fraction of sp³-hybridized carbons (Fsp3) is 0.235. The first-order valence-electron chi connectivity index (χ1n) is 7.56. The summed E-state index contributed by atoms with van der Waals surface area (Å²) in [6.07, 6.45) is 4.24. The van der Waals surface area contributed by atoms with Crippen LogP contribution in [0.4, 0.5) is 5.69 Å². The Labute approximate surface area is 134 Å². The van der Waals surface area contributed by atoms with Crippen LogP contribution >= 0.6 is 0 Å². The van der Waals surface area contributed by atoms with Crippen LogP contribution < -0.4 is 5.32 Å². The molecule has 1 aromatic carbocycles. The van der Waals surface area contributed by atoms with Gasteiger partial charge in [-0.05, 0) is 30.5 Å². The van der Waals surface area contributed by atoms with E-state index in [2.05, 4.69) is 39.3 Å². The monoisotopic (exact) mass is 309 g/mol. The molecule has 0 aliphatic heterocycles. The Kier molecular flexibility index (Phi) is 4.23. The summed E-state index contributed by atoms with van der Waals surface area (Å²) in [5.74, 6) is 0.287. The highest BCUT2D eigenvalue weighted by Crippen LogP contribution is 2.20. The van der Waals surface area contributed by atoms with E-state index in [0.717, 1.165) is 29.1 Å². The lowest BCUT2D eigenvalue weighted by Crippen LogP contribution is -2.12. The number of carbonyl (C=O) groups is 1. The lowest BCUT2D eigenvalue weighted by atomic mass is 10.1. The maximum atomic E-state index is 12.3. The Balaban J connectivity index is 1.73. The molecule has 3 rings (SSSR count). The van der Waals surface area contributed by atoms with Gasteiger partial charge in [-0.1, -0.05) is 26.0 Å². The summed E-state index contributed by atoms with van der Waals surface area (Å²) in [5.41, 5.74) is 3.95. The zero-order valence-corrected chi connectivity index (χ0v) is 13.1. The SMILES string of the molecule is CC(C)Cc1cc(C(=O)Nc2cccc(-c3cnc[nH]3)c2)n[nH]1. The van der Waals surface area contributed by atoms with Crippen molar-refractivity contribution in [3.05, 3.63) is 54.2 Å². The lowest BCUT2D eigenvalue weighted by Gasteiger charge is -2.05. The minimum atomic E-state index is -0.224. The maximum Gasteiger partial charge on any atom is 0.276 e. The molecule has 2 aromatic heterocycles. The smallest absolute Gasteiger partial charge is 0.276 e. The molecule has 0 saturated carbocycles. The number of nitrogens with zero attached hydrogens (tertiary/aromatic N) is 2. The summed E-state index contributed by atoms with van der Waals surface area (Å²) in [6.45, 7) is 4.25. The fourth-order valence-corrected chi connectivity index (χ4v) is 2.40. The molecule has 23 heavy (non-hydrogen) atoms. The first-order valence-corrected chi connectivity index (χ1v) is 7.56. The summed E-state index contributed by atoms with van der Waals surface area (Å²) in [6, 6.07) is 9.39. The molecule has 6 heteroatoms. The summed E-state index contributed by atoms with van der Waals surface area (Å²) in [7, 11) is 0. The van der Waals surface area contributed by atoms with Crippen molar-refractivity contribution in [1.29, 1.82) is 0 Å². The van der Waals surface area contributed by atoms with E-state index in [1.54, 1.807) is 18.6 Å². The average molecular weight is 309 g/mol. The van der Waals surface area contributed by atoms with Crippen LogP contribution in [0, 0.1) is 5.92 Å². The van der Waals surface area contributed by atoms with Crippen molar-refractivity contribution in [1.82, 2.24) is 20.2 Å². The van der Waals surface area contributed by atoms with Gasteiger partial charge in [0.2, 0.25) is 0 Å². The van der Waals surface area contributed by atoms with Crippen LogP contribution in [-0.4, -0.2) is 26.1 Å². The second-order valence-electron chi connectivity index (χ2n) is 5.88. The third kappa shape index (κ3) is 3.66. The zero-order valence-electron chi connectivity index (χ0n) is 13.1. The number of nitrogens with one attached hydrogen (secondary N) is 3. The Bertz CT molecular complexity index is 789. The fourth-order valence-electron chi connectivity index (χ4n) is 2.40. The molecular formula is C17H19N5O. The van der Waals surface area contributed by atoms with Gasteiger partial charge in [-0.2, -0.15) is 5.10 Å². The molecule has 3 N–H and O–H groups in total. The van der Waals surface area contributed by atoms with Gasteiger partial charge in [0.25, 0.3) is 5.91 Å². The van der Waals surface area contributed by atoms with Gasteiger partial charge in [-0.15, -0.1) is 0 Å². The molecule has 0 radical (unpaired) electrons. The highest BCUT2D eigenvalue weighted by molar-refractivity contribution is 6.03. The lowest BCUT2D eigenvalue weighted by molar-refractivity contribution is 0.102. The van der Waals surface area contributed by atoms with Crippen molar-refractivity contribution in [3.63, 3.8) is 0 Å². The molecule has 0 aliphatic rings. The van der Waals surface area contributed by atoms with Gasteiger partial charge in [0.1, 0.15) is 0 Å². The molecule has 0 unspecified atom stereocenters. The van der Waals surface area contributed by atoms with Crippen LogP contribution in [0.5, 0.6) is 0 Å². The van der Waals surface area contributed by atoms with Gasteiger partial charge < -0.3 is 10.3 Å². The van der Waals surface area contributed by atoms with E-state index in [1.165, 1.54) is 0 Å². The normalized spacial score (nSPS) is 10.9. The molecular weight excluding hydrogens is 290 g/mol. The van der Waals surface area contributed by atoms with E-state index in [1.807, 2.05) is 24.3 Å². The van der Waals surface area contributed by atoms with E-state index in [0.29, 0.717) is 11.6 Å². The Morgan fingerprint density at radius 1 is 1.30 bits per heavy atom. The highest BCUT2D eigenvalue weighted by Gasteiger charge is 2.12. The van der Waals surface area contributed by atoms with Crippen molar-refractivity contribution >= 4 is 11.6 Å². The first kappa shape index (κ1) is 15.0. The van der Waals surface area contributed by atoms with Gasteiger partial charge in [0, 0.05) is 16.9 Å². The molecule has 0 saturated heterocycles. The quantitative estimate of drug-likeness (QED) is 0.676. The summed E-state index contributed by atoms with van der Waals surface area (Å²) < 4.78 is 0. The number of benzene rings is 1. The zero-order chi connectivity index (χ0) is 16.2. The number of hydrogen-bond donors (Lipinski definition) is 3. The number of amides is 1. The Morgan fingerprint density at radius 2 is 2.17 bits per heavy atom. The minimum absolute atomic E-state index is 0.224. The minimum Gasteiger partial charge on any atom is -0.345 e. The molecule has 2 heterocycles. The number of rotatable bonds is 5. The van der Waals surface area contributed by atoms with Crippen molar-refractivity contribution < 1.29 is 4.79 Å². The molecule has 0 atom stereocenters. The van der Waals surface area contributed by atoms with E-state index in [4.69, 9.17) is 0 Å². The average Bonchev–Trinajstić information content (AvgIpc) is 3.18. The van der Waals surface area contributed by atoms with Gasteiger partial charge in [-0.25, -0.2) is 4.98 Å². The molecule has 6 nitrogen and oxygen atoms in total. The predicted molar refractivity (Wildman–Crippen MR) is 89.1 cm³/mol. The molecule has 0 spiro atoms. The van der Waals surface area contributed by atoms with Gasteiger partial charge in [0.05, 0.1) is 18.2 Å². The molecule has 0 aliphatic carbocycles. The maximum absolute atomic E-state index is 12.3. The van der Waals surface area contributed by atoms with Gasteiger partial charge in [-0.3, -0.25) is 9.89 Å². The third-order valence-corrected chi connectivity index (χ3v) is 3.42. The van der Waals surface area contributed by atoms with Gasteiger partial charge in [0.15, 0.2) is 5.69 Å². The second-order valence-corrected chi connectivity index (χ2v) is 5.88. The van der Waals surface area contributed by atoms with Crippen LogP contribution in [0.2, 0.25) is 0 Å². The number of hydrogen-bond acceptors (Lipinski definition) is 3. The Morgan fingerprint density at radius 3 is 2.91 bits per heavy atom. The van der Waals surface area contributed by atoms with Crippen LogP contribution in [-0.2, 0) is 6.42 Å². The van der Waals surface area contributed by atoms with Crippen molar-refractivity contribution in [2.24, 2.45) is 5.92 Å². The highest BCUT2D eigenvalue weighted by atomic mass is 16.1. The number of carbonyl (C=O) groups excluding carboxylic acids is 1.